The van der Waals surface area contributed by atoms with Crippen LogP contribution in [0.1, 0.15) is 40.7 Å². The predicted octanol–water partition coefficient (Wildman–Crippen LogP) is 3.66. The van der Waals surface area contributed by atoms with E-state index in [1.165, 1.54) is 6.20 Å². The molecule has 21 heavy (non-hydrogen) atoms. The van der Waals surface area contributed by atoms with Crippen molar-refractivity contribution < 1.29 is 9.32 Å². The Bertz CT molecular complexity index is 687. The highest BCUT2D eigenvalue weighted by atomic mass is 35.5. The lowest BCUT2D eigenvalue weighted by Gasteiger charge is -2.23. The number of carbonyl (C=O) groups excluding carboxylic acids is 1. The lowest BCUT2D eigenvalue weighted by atomic mass is 10.1. The normalized spacial score (nSPS) is 18.2. The molecular weight excluding hydrogens is 313 g/mol. The van der Waals surface area contributed by atoms with E-state index in [2.05, 4.69) is 10.1 Å². The van der Waals surface area contributed by atoms with Crippen LogP contribution in [0, 0.1) is 6.92 Å². The first-order valence-corrected chi connectivity index (χ1v) is 7.37. The Morgan fingerprint density at radius 2 is 2.29 bits per heavy atom. The smallest absolute Gasteiger partial charge is 0.256 e. The predicted molar refractivity (Wildman–Crippen MR) is 78.5 cm³/mol. The van der Waals surface area contributed by atoms with Gasteiger partial charge in [-0.3, -0.25) is 4.79 Å². The number of halogens is 2. The Morgan fingerprint density at radius 3 is 3.00 bits per heavy atom. The average molecular weight is 326 g/mol. The number of rotatable bonds is 2. The second-order valence-electron chi connectivity index (χ2n) is 4.99. The van der Waals surface area contributed by atoms with E-state index < -0.39 is 0 Å². The van der Waals surface area contributed by atoms with Gasteiger partial charge in [0, 0.05) is 18.8 Å². The van der Waals surface area contributed by atoms with Gasteiger partial charge >= 0.3 is 0 Å². The van der Waals surface area contributed by atoms with Gasteiger partial charge < -0.3 is 9.42 Å². The number of carbonyl (C=O) groups is 1. The van der Waals surface area contributed by atoms with Crippen LogP contribution in [-0.2, 0) is 0 Å². The van der Waals surface area contributed by atoms with Crippen LogP contribution in [0.4, 0.5) is 0 Å². The van der Waals surface area contributed by atoms with E-state index in [1.54, 1.807) is 11.0 Å². The van der Waals surface area contributed by atoms with Crippen LogP contribution in [-0.4, -0.2) is 27.5 Å². The molecule has 0 aromatic carbocycles. The number of hydrogen-bond donors (Lipinski definition) is 0. The van der Waals surface area contributed by atoms with Gasteiger partial charge in [0.05, 0.1) is 22.3 Å². The van der Waals surface area contributed by atoms with Crippen LogP contribution >= 0.6 is 23.2 Å². The van der Waals surface area contributed by atoms with E-state index >= 15 is 0 Å². The zero-order valence-electron chi connectivity index (χ0n) is 11.3. The van der Waals surface area contributed by atoms with Gasteiger partial charge in [-0.05, 0) is 25.8 Å². The third-order valence-electron chi connectivity index (χ3n) is 3.57. The van der Waals surface area contributed by atoms with Gasteiger partial charge in [0.2, 0.25) is 0 Å². The zero-order chi connectivity index (χ0) is 15.0. The summed E-state index contributed by atoms with van der Waals surface area (Å²) in [5, 5.41) is 4.21. The van der Waals surface area contributed by atoms with Crippen molar-refractivity contribution in [3.05, 3.63) is 45.5 Å². The van der Waals surface area contributed by atoms with Gasteiger partial charge in [0.1, 0.15) is 5.15 Å². The molecule has 0 aliphatic carbocycles. The molecule has 110 valence electrons. The molecule has 1 fully saturated rings. The zero-order valence-corrected chi connectivity index (χ0v) is 12.9. The number of amides is 1. The maximum Gasteiger partial charge on any atom is 0.256 e. The molecule has 1 aliphatic rings. The fraction of sp³-hybridized carbons (Fsp3) is 0.357. The second-order valence-corrected chi connectivity index (χ2v) is 5.73. The third kappa shape index (κ3) is 2.63. The molecule has 7 heteroatoms. The first-order chi connectivity index (χ1) is 10.1. The topological polar surface area (TPSA) is 59.2 Å². The van der Waals surface area contributed by atoms with E-state index in [-0.39, 0.29) is 22.1 Å². The summed E-state index contributed by atoms with van der Waals surface area (Å²) in [6.07, 6.45) is 3.23. The van der Waals surface area contributed by atoms with Gasteiger partial charge in [-0.2, -0.15) is 0 Å². The Balaban J connectivity index is 1.91. The van der Waals surface area contributed by atoms with Gasteiger partial charge in [-0.15, -0.1) is 0 Å². The van der Waals surface area contributed by atoms with Crippen LogP contribution in [0.5, 0.6) is 0 Å². The Hall–Kier alpha value is -1.59. The Kier molecular flexibility index (Phi) is 3.87. The minimum absolute atomic E-state index is 0.110. The lowest BCUT2D eigenvalue weighted by molar-refractivity contribution is 0.0714. The van der Waals surface area contributed by atoms with Crippen molar-refractivity contribution in [1.29, 1.82) is 0 Å². The van der Waals surface area contributed by atoms with Crippen LogP contribution in [0.15, 0.2) is 22.9 Å². The van der Waals surface area contributed by atoms with Crippen molar-refractivity contribution in [1.82, 2.24) is 15.0 Å². The summed E-state index contributed by atoms with van der Waals surface area (Å²) in [4.78, 5) is 18.3. The molecular formula is C14H13Cl2N3O2. The van der Waals surface area contributed by atoms with Crippen molar-refractivity contribution in [2.24, 2.45) is 0 Å². The van der Waals surface area contributed by atoms with Crippen molar-refractivity contribution in [2.45, 2.75) is 25.8 Å². The lowest BCUT2D eigenvalue weighted by Crippen LogP contribution is -2.30. The van der Waals surface area contributed by atoms with Crippen LogP contribution in [0.3, 0.4) is 0 Å². The van der Waals surface area contributed by atoms with E-state index in [4.69, 9.17) is 27.7 Å². The summed E-state index contributed by atoms with van der Waals surface area (Å²) in [5.41, 5.74) is 1.16. The van der Waals surface area contributed by atoms with Gasteiger partial charge in [-0.25, -0.2) is 4.98 Å². The first kappa shape index (κ1) is 14.4. The quantitative estimate of drug-likeness (QED) is 0.790. The van der Waals surface area contributed by atoms with Crippen LogP contribution in [0.25, 0.3) is 0 Å². The van der Waals surface area contributed by atoms with E-state index in [9.17, 15) is 4.79 Å². The molecule has 2 aromatic heterocycles. The SMILES string of the molecule is Cc1cc([C@@H]2CCCN2C(=O)c2ccnc(Cl)c2Cl)on1. The van der Waals surface area contributed by atoms with Crippen LogP contribution in [0.2, 0.25) is 10.2 Å². The molecule has 1 atom stereocenters. The summed E-state index contributed by atoms with van der Waals surface area (Å²) in [6, 6.07) is 3.33. The molecule has 0 bridgehead atoms. The number of pyridine rings is 1. The summed E-state index contributed by atoms with van der Waals surface area (Å²) in [7, 11) is 0. The fourth-order valence-electron chi connectivity index (χ4n) is 2.58. The Morgan fingerprint density at radius 1 is 1.48 bits per heavy atom. The summed E-state index contributed by atoms with van der Waals surface area (Å²) < 4.78 is 5.30. The number of aromatic nitrogens is 2. The van der Waals surface area contributed by atoms with Crippen molar-refractivity contribution in [3.8, 4) is 0 Å². The number of hydrogen-bond acceptors (Lipinski definition) is 4. The fourth-order valence-corrected chi connectivity index (χ4v) is 2.93. The molecule has 1 saturated heterocycles. The third-order valence-corrected chi connectivity index (χ3v) is 4.33. The molecule has 0 N–H and O–H groups in total. The van der Waals surface area contributed by atoms with Gasteiger partial charge in [-0.1, -0.05) is 28.4 Å². The summed E-state index contributed by atoms with van der Waals surface area (Å²) in [5.74, 6) is 0.537. The summed E-state index contributed by atoms with van der Waals surface area (Å²) in [6.45, 7) is 2.51. The highest BCUT2D eigenvalue weighted by Crippen LogP contribution is 2.35. The highest BCUT2D eigenvalue weighted by molar-refractivity contribution is 6.43. The molecule has 0 spiro atoms. The molecule has 5 nitrogen and oxygen atoms in total. The minimum Gasteiger partial charge on any atom is -0.359 e. The van der Waals surface area contributed by atoms with E-state index in [0.29, 0.717) is 17.9 Å². The molecule has 1 amide bonds. The second kappa shape index (κ2) is 5.66. The molecule has 3 heterocycles. The van der Waals surface area contributed by atoms with Crippen molar-refractivity contribution in [3.63, 3.8) is 0 Å². The van der Waals surface area contributed by atoms with E-state index in [1.807, 2.05) is 13.0 Å². The van der Waals surface area contributed by atoms with Crippen molar-refractivity contribution >= 4 is 29.1 Å². The molecule has 1 aliphatic heterocycles. The van der Waals surface area contributed by atoms with E-state index in [0.717, 1.165) is 18.5 Å². The molecule has 2 aromatic rings. The van der Waals surface area contributed by atoms with Crippen LogP contribution < -0.4 is 0 Å². The van der Waals surface area contributed by atoms with Gasteiger partial charge in [0.25, 0.3) is 5.91 Å². The molecule has 0 unspecified atom stereocenters. The summed E-state index contributed by atoms with van der Waals surface area (Å²) >= 11 is 12.0. The number of nitrogens with zero attached hydrogens (tertiary/aromatic N) is 3. The molecule has 3 rings (SSSR count). The molecule has 0 saturated carbocycles. The molecule has 0 radical (unpaired) electrons. The van der Waals surface area contributed by atoms with Gasteiger partial charge in [0.15, 0.2) is 5.76 Å². The minimum atomic E-state index is -0.166. The van der Waals surface area contributed by atoms with Crippen molar-refractivity contribution in [2.75, 3.05) is 6.54 Å². The number of likely N-dealkylation sites (tertiary alicyclic amines) is 1. The highest BCUT2D eigenvalue weighted by Gasteiger charge is 2.34. The maximum atomic E-state index is 12.7. The first-order valence-electron chi connectivity index (χ1n) is 6.62. The standard InChI is InChI=1S/C14H13Cl2N3O2/c1-8-7-11(21-18-8)10-3-2-6-19(10)14(20)9-4-5-17-13(16)12(9)15/h4-5,7,10H,2-3,6H2,1H3/t10-/m0/s1. The Labute approximate surface area is 131 Å². The average Bonchev–Trinajstić information content (AvgIpc) is 3.09. The maximum absolute atomic E-state index is 12.7. The number of aryl methyl sites for hydroxylation is 1. The monoisotopic (exact) mass is 325 g/mol. The largest absolute Gasteiger partial charge is 0.359 e.